The van der Waals surface area contributed by atoms with E-state index in [1.165, 1.54) is 0 Å². The minimum atomic E-state index is -2.34. The predicted molar refractivity (Wildman–Crippen MR) is 63.9 cm³/mol. The van der Waals surface area contributed by atoms with Gasteiger partial charge in [0.05, 0.1) is 6.54 Å². The molecule has 0 atom stereocenters. The maximum absolute atomic E-state index is 12.3. The zero-order chi connectivity index (χ0) is 12.0. The summed E-state index contributed by atoms with van der Waals surface area (Å²) < 4.78 is 25.4. The number of nitrogens with zero attached hydrogens (tertiary/aromatic N) is 2. The van der Waals surface area contributed by atoms with Crippen LogP contribution >= 0.6 is 27.5 Å². The van der Waals surface area contributed by atoms with Crippen LogP contribution in [0.15, 0.2) is 22.9 Å². The van der Waals surface area contributed by atoms with Gasteiger partial charge in [0.1, 0.15) is 0 Å². The lowest BCUT2D eigenvalue weighted by molar-refractivity contribution is 0.0878. The highest BCUT2D eigenvalue weighted by molar-refractivity contribution is 9.10. The molecule has 6 heteroatoms. The van der Waals surface area contributed by atoms with Crippen LogP contribution in [0, 0.1) is 0 Å². The summed E-state index contributed by atoms with van der Waals surface area (Å²) in [5.74, 6) is 0.341. The Hall–Kier alpha value is -0.260. The lowest BCUT2D eigenvalue weighted by Gasteiger charge is -2.20. The highest BCUT2D eigenvalue weighted by Crippen LogP contribution is 2.12. The Labute approximate surface area is 107 Å². The number of hydrogen-bond acceptors (Lipinski definition) is 2. The number of alkyl halides is 3. The van der Waals surface area contributed by atoms with Gasteiger partial charge in [0, 0.05) is 35.8 Å². The maximum atomic E-state index is 12.3. The highest BCUT2D eigenvalue weighted by Gasteiger charge is 2.12. The zero-order valence-corrected chi connectivity index (χ0v) is 10.9. The molecule has 0 aliphatic carbocycles. The second-order valence-electron chi connectivity index (χ2n) is 3.33. The first-order chi connectivity index (χ1) is 7.61. The van der Waals surface area contributed by atoms with E-state index < -0.39 is 6.43 Å². The second kappa shape index (κ2) is 7.14. The molecule has 1 aromatic heterocycles. The average molecular weight is 314 g/mol. The molecule has 0 N–H and O–H groups in total. The smallest absolute Gasteiger partial charge is 0.251 e. The second-order valence-corrected chi connectivity index (χ2v) is 4.62. The van der Waals surface area contributed by atoms with E-state index in [4.69, 9.17) is 11.6 Å². The molecule has 1 heterocycles. The molecule has 0 spiro atoms. The molecule has 0 saturated carbocycles. The van der Waals surface area contributed by atoms with Gasteiger partial charge in [-0.25, -0.2) is 8.78 Å². The van der Waals surface area contributed by atoms with Gasteiger partial charge in [-0.15, -0.1) is 11.6 Å². The van der Waals surface area contributed by atoms with Gasteiger partial charge in [-0.05, 0) is 27.6 Å². The lowest BCUT2D eigenvalue weighted by Crippen LogP contribution is -2.30. The van der Waals surface area contributed by atoms with Crippen molar-refractivity contribution in [3.63, 3.8) is 0 Å². The van der Waals surface area contributed by atoms with Gasteiger partial charge in [-0.3, -0.25) is 9.88 Å². The fraction of sp³-hybridized carbons (Fsp3) is 0.500. The van der Waals surface area contributed by atoms with Crippen molar-refractivity contribution in [1.82, 2.24) is 9.88 Å². The summed E-state index contributed by atoms with van der Waals surface area (Å²) in [6.45, 7) is 0.612. The van der Waals surface area contributed by atoms with E-state index in [1.807, 2.05) is 6.07 Å². The van der Waals surface area contributed by atoms with Gasteiger partial charge in [-0.1, -0.05) is 0 Å². The molecule has 0 radical (unpaired) electrons. The third-order valence-corrected chi connectivity index (χ3v) is 2.57. The first-order valence-corrected chi connectivity index (χ1v) is 6.10. The van der Waals surface area contributed by atoms with Gasteiger partial charge in [0.25, 0.3) is 6.43 Å². The van der Waals surface area contributed by atoms with Gasteiger partial charge in [0.2, 0.25) is 0 Å². The third kappa shape index (κ3) is 5.18. The Kier molecular flexibility index (Phi) is 6.16. The Morgan fingerprint density at radius 2 is 2.19 bits per heavy atom. The van der Waals surface area contributed by atoms with Crippen LogP contribution < -0.4 is 0 Å². The van der Waals surface area contributed by atoms with Crippen LogP contribution in [0.3, 0.4) is 0 Å². The van der Waals surface area contributed by atoms with E-state index in [0.717, 1.165) is 10.0 Å². The first-order valence-electron chi connectivity index (χ1n) is 4.77. The summed E-state index contributed by atoms with van der Waals surface area (Å²) >= 11 is 8.85. The highest BCUT2D eigenvalue weighted by atomic mass is 79.9. The SMILES string of the molecule is FC(F)CN(CCCl)Cc1cncc(Br)c1. The minimum absolute atomic E-state index is 0.265. The number of rotatable bonds is 6. The number of halogens is 4. The summed E-state index contributed by atoms with van der Waals surface area (Å²) in [6.07, 6.45) is 0.975. The van der Waals surface area contributed by atoms with Crippen LogP contribution in [0.1, 0.15) is 5.56 Å². The summed E-state index contributed by atoms with van der Waals surface area (Å²) in [4.78, 5) is 5.59. The number of pyridine rings is 1. The van der Waals surface area contributed by atoms with E-state index in [2.05, 4.69) is 20.9 Å². The molecular weight excluding hydrogens is 301 g/mol. The van der Waals surface area contributed by atoms with Gasteiger partial charge >= 0.3 is 0 Å². The molecule has 1 aromatic rings. The normalized spacial score (nSPS) is 11.4. The van der Waals surface area contributed by atoms with E-state index in [9.17, 15) is 8.78 Å². The fourth-order valence-corrected chi connectivity index (χ4v) is 2.00. The topological polar surface area (TPSA) is 16.1 Å². The summed E-state index contributed by atoms with van der Waals surface area (Å²) in [6, 6.07) is 1.86. The molecule has 0 aromatic carbocycles. The maximum Gasteiger partial charge on any atom is 0.251 e. The van der Waals surface area contributed by atoms with Gasteiger partial charge in [-0.2, -0.15) is 0 Å². The van der Waals surface area contributed by atoms with Gasteiger partial charge in [0.15, 0.2) is 0 Å². The monoisotopic (exact) mass is 312 g/mol. The van der Waals surface area contributed by atoms with Crippen molar-refractivity contribution in [2.45, 2.75) is 13.0 Å². The van der Waals surface area contributed by atoms with Crippen LogP contribution in [0.4, 0.5) is 8.78 Å². The molecule has 0 aliphatic heterocycles. The van der Waals surface area contributed by atoms with Crippen molar-refractivity contribution >= 4 is 27.5 Å². The fourth-order valence-electron chi connectivity index (χ4n) is 1.35. The molecule has 0 saturated heterocycles. The summed E-state index contributed by atoms with van der Waals surface area (Å²) in [5.41, 5.74) is 0.889. The summed E-state index contributed by atoms with van der Waals surface area (Å²) in [7, 11) is 0. The van der Waals surface area contributed by atoms with Crippen molar-refractivity contribution in [2.24, 2.45) is 0 Å². The minimum Gasteiger partial charge on any atom is -0.292 e. The average Bonchev–Trinajstić information content (AvgIpc) is 2.16. The van der Waals surface area contributed by atoms with E-state index >= 15 is 0 Å². The van der Waals surface area contributed by atoms with Crippen molar-refractivity contribution in [2.75, 3.05) is 19.0 Å². The molecule has 0 bridgehead atoms. The molecule has 1 rings (SSSR count). The van der Waals surface area contributed by atoms with Crippen molar-refractivity contribution in [3.8, 4) is 0 Å². The molecule has 0 fully saturated rings. The van der Waals surface area contributed by atoms with E-state index in [-0.39, 0.29) is 6.54 Å². The first kappa shape index (κ1) is 13.8. The number of hydrogen-bond donors (Lipinski definition) is 0. The molecular formula is C10H12BrClF2N2. The summed E-state index contributed by atoms with van der Waals surface area (Å²) in [5, 5.41) is 0. The number of aromatic nitrogens is 1. The molecule has 0 unspecified atom stereocenters. The largest absolute Gasteiger partial charge is 0.292 e. The van der Waals surface area contributed by atoms with E-state index in [1.54, 1.807) is 17.3 Å². The third-order valence-electron chi connectivity index (χ3n) is 1.96. The van der Waals surface area contributed by atoms with Crippen LogP contribution in [-0.2, 0) is 6.54 Å². The standard InChI is InChI=1S/C10H12BrClF2N2/c11-9-3-8(4-15-5-9)6-16(2-1-12)7-10(13)14/h3-5,10H,1-2,6-7H2. The molecule has 0 amide bonds. The zero-order valence-electron chi connectivity index (χ0n) is 8.54. The molecule has 2 nitrogen and oxygen atoms in total. The Bertz CT molecular complexity index is 325. The van der Waals surface area contributed by atoms with Crippen LogP contribution in [-0.4, -0.2) is 35.3 Å². The van der Waals surface area contributed by atoms with Crippen molar-refractivity contribution < 1.29 is 8.78 Å². The Balaban J connectivity index is 2.60. The van der Waals surface area contributed by atoms with Crippen molar-refractivity contribution in [3.05, 3.63) is 28.5 Å². The Morgan fingerprint density at radius 1 is 1.44 bits per heavy atom. The predicted octanol–water partition coefficient (Wildman–Crippen LogP) is 3.15. The molecule has 0 aliphatic rings. The van der Waals surface area contributed by atoms with Crippen LogP contribution in [0.5, 0.6) is 0 Å². The Morgan fingerprint density at radius 3 is 2.75 bits per heavy atom. The van der Waals surface area contributed by atoms with E-state index in [0.29, 0.717) is 19.0 Å². The lowest BCUT2D eigenvalue weighted by atomic mass is 10.2. The molecule has 90 valence electrons. The quantitative estimate of drug-likeness (QED) is 0.750. The van der Waals surface area contributed by atoms with Gasteiger partial charge < -0.3 is 0 Å². The van der Waals surface area contributed by atoms with Crippen LogP contribution in [0.2, 0.25) is 0 Å². The van der Waals surface area contributed by atoms with Crippen LogP contribution in [0.25, 0.3) is 0 Å². The molecule has 16 heavy (non-hydrogen) atoms. The van der Waals surface area contributed by atoms with Crippen molar-refractivity contribution in [1.29, 1.82) is 0 Å².